The van der Waals surface area contributed by atoms with Crippen LogP contribution in [0, 0.1) is 5.92 Å². The third-order valence-electron chi connectivity index (χ3n) is 2.51. The van der Waals surface area contributed by atoms with E-state index in [1.807, 2.05) is 13.8 Å². The molecule has 1 N–H and O–H groups in total. The van der Waals surface area contributed by atoms with Crippen LogP contribution in [0.2, 0.25) is 0 Å². The quantitative estimate of drug-likeness (QED) is 0.470. The minimum atomic E-state index is -0.392. The van der Waals surface area contributed by atoms with Crippen molar-refractivity contribution in [2.45, 2.75) is 13.8 Å². The summed E-state index contributed by atoms with van der Waals surface area (Å²) < 4.78 is 4.60. The normalized spacial score (nSPS) is 10.7. The second-order valence-corrected chi connectivity index (χ2v) is 4.82. The molecule has 0 fully saturated rings. The topological polar surface area (TPSA) is 77.0 Å². The van der Waals surface area contributed by atoms with Gasteiger partial charge in [-0.1, -0.05) is 31.1 Å². The summed E-state index contributed by atoms with van der Waals surface area (Å²) >= 11 is 0. The maximum atomic E-state index is 11.4. The first-order valence-corrected chi connectivity index (χ1v) is 6.63. The molecule has 0 atom stereocenters. The molecule has 21 heavy (non-hydrogen) atoms. The smallest absolute Gasteiger partial charge is 0.337 e. The number of esters is 1. The summed E-state index contributed by atoms with van der Waals surface area (Å²) in [6.45, 7) is 4.51. The number of hydrogen-bond acceptors (Lipinski definition) is 5. The van der Waals surface area contributed by atoms with E-state index in [-0.39, 0.29) is 12.5 Å². The number of methoxy groups -OCH3 is 1. The first-order valence-electron chi connectivity index (χ1n) is 6.63. The standard InChI is InChI=1S/C15H20N2O4/c1-11(2)8-16-14(18)10-21-17-9-12-4-6-13(7-5-12)15(19)20-3/h4-7,9,11H,8,10H2,1-3H3,(H,16,18)/b17-9+. The zero-order valence-electron chi connectivity index (χ0n) is 12.5. The Bertz CT molecular complexity index is 495. The van der Waals surface area contributed by atoms with Crippen LogP contribution in [0.3, 0.4) is 0 Å². The van der Waals surface area contributed by atoms with Crippen molar-refractivity contribution >= 4 is 18.1 Å². The first-order chi connectivity index (χ1) is 10.0. The van der Waals surface area contributed by atoms with Crippen molar-refractivity contribution in [2.24, 2.45) is 11.1 Å². The number of nitrogens with zero attached hydrogens (tertiary/aromatic N) is 1. The Kier molecular flexibility index (Phi) is 6.94. The average molecular weight is 292 g/mol. The number of carbonyl (C=O) groups excluding carboxylic acids is 2. The molecule has 0 unspecified atom stereocenters. The third kappa shape index (κ3) is 6.56. The summed E-state index contributed by atoms with van der Waals surface area (Å²) in [5, 5.41) is 6.42. The van der Waals surface area contributed by atoms with Crippen molar-refractivity contribution in [3.8, 4) is 0 Å². The van der Waals surface area contributed by atoms with Gasteiger partial charge in [0.1, 0.15) is 0 Å². The summed E-state index contributed by atoms with van der Waals surface area (Å²) in [6, 6.07) is 6.67. The Hall–Kier alpha value is -2.37. The van der Waals surface area contributed by atoms with Crippen molar-refractivity contribution in [2.75, 3.05) is 20.3 Å². The van der Waals surface area contributed by atoms with E-state index >= 15 is 0 Å². The minimum Gasteiger partial charge on any atom is -0.465 e. The van der Waals surface area contributed by atoms with E-state index in [4.69, 9.17) is 4.84 Å². The highest BCUT2D eigenvalue weighted by Crippen LogP contribution is 2.04. The van der Waals surface area contributed by atoms with Gasteiger partial charge < -0.3 is 14.9 Å². The molecule has 0 bridgehead atoms. The van der Waals surface area contributed by atoms with E-state index in [9.17, 15) is 9.59 Å². The average Bonchev–Trinajstić information content (AvgIpc) is 2.49. The Labute approximate surface area is 124 Å². The Balaban J connectivity index is 2.36. The van der Waals surface area contributed by atoms with Gasteiger partial charge in [-0.2, -0.15) is 0 Å². The minimum absolute atomic E-state index is 0.122. The predicted molar refractivity (Wildman–Crippen MR) is 79.2 cm³/mol. The lowest BCUT2D eigenvalue weighted by Gasteiger charge is -2.06. The fraction of sp³-hybridized carbons (Fsp3) is 0.400. The predicted octanol–water partition coefficient (Wildman–Crippen LogP) is 1.60. The van der Waals surface area contributed by atoms with E-state index in [1.165, 1.54) is 13.3 Å². The van der Waals surface area contributed by atoms with Crippen LogP contribution in [-0.2, 0) is 14.4 Å². The molecule has 0 radical (unpaired) electrons. The Morgan fingerprint density at radius 1 is 1.29 bits per heavy atom. The van der Waals surface area contributed by atoms with Gasteiger partial charge in [-0.15, -0.1) is 0 Å². The summed E-state index contributed by atoms with van der Waals surface area (Å²) in [7, 11) is 1.33. The molecule has 1 aromatic rings. The molecular weight excluding hydrogens is 272 g/mol. The highest BCUT2D eigenvalue weighted by Gasteiger charge is 2.04. The molecule has 0 aromatic heterocycles. The van der Waals surface area contributed by atoms with Crippen LogP contribution < -0.4 is 5.32 Å². The molecule has 114 valence electrons. The largest absolute Gasteiger partial charge is 0.465 e. The van der Waals surface area contributed by atoms with Crippen molar-refractivity contribution in [1.82, 2.24) is 5.32 Å². The SMILES string of the molecule is COC(=O)c1ccc(/C=N/OCC(=O)NCC(C)C)cc1. The van der Waals surface area contributed by atoms with Gasteiger partial charge in [0, 0.05) is 6.54 Å². The van der Waals surface area contributed by atoms with Crippen LogP contribution >= 0.6 is 0 Å². The summed E-state index contributed by atoms with van der Waals surface area (Å²) in [5.74, 6) is -0.204. The Morgan fingerprint density at radius 3 is 2.52 bits per heavy atom. The number of ether oxygens (including phenoxy) is 1. The molecule has 6 heteroatoms. The van der Waals surface area contributed by atoms with Gasteiger partial charge >= 0.3 is 5.97 Å². The van der Waals surface area contributed by atoms with E-state index < -0.39 is 5.97 Å². The van der Waals surface area contributed by atoms with Gasteiger partial charge in [0.15, 0.2) is 6.61 Å². The van der Waals surface area contributed by atoms with E-state index in [2.05, 4.69) is 15.2 Å². The zero-order valence-corrected chi connectivity index (χ0v) is 12.5. The summed E-state index contributed by atoms with van der Waals surface area (Å²) in [6.07, 6.45) is 1.47. The molecule has 6 nitrogen and oxygen atoms in total. The number of carbonyl (C=O) groups is 2. The van der Waals surface area contributed by atoms with Gasteiger partial charge in [-0.05, 0) is 23.6 Å². The molecule has 1 rings (SSSR count). The molecule has 0 spiro atoms. The highest BCUT2D eigenvalue weighted by molar-refractivity contribution is 5.90. The van der Waals surface area contributed by atoms with Crippen LogP contribution in [0.25, 0.3) is 0 Å². The number of nitrogens with one attached hydrogen (secondary N) is 1. The number of rotatable bonds is 7. The van der Waals surface area contributed by atoms with Crippen molar-refractivity contribution in [3.63, 3.8) is 0 Å². The fourth-order valence-corrected chi connectivity index (χ4v) is 1.39. The van der Waals surface area contributed by atoms with E-state index in [0.29, 0.717) is 18.0 Å². The Morgan fingerprint density at radius 2 is 1.95 bits per heavy atom. The molecular formula is C15H20N2O4. The van der Waals surface area contributed by atoms with E-state index in [1.54, 1.807) is 24.3 Å². The molecule has 1 amide bonds. The molecule has 0 aliphatic rings. The molecule has 1 aromatic carbocycles. The van der Waals surface area contributed by atoms with Crippen LogP contribution in [0.5, 0.6) is 0 Å². The first kappa shape index (κ1) is 16.7. The maximum absolute atomic E-state index is 11.4. The maximum Gasteiger partial charge on any atom is 0.337 e. The lowest BCUT2D eigenvalue weighted by atomic mass is 10.1. The summed E-state index contributed by atoms with van der Waals surface area (Å²) in [5.41, 5.74) is 1.22. The second kappa shape index (κ2) is 8.73. The number of hydrogen-bond donors (Lipinski definition) is 1. The lowest BCUT2D eigenvalue weighted by Crippen LogP contribution is -2.30. The van der Waals surface area contributed by atoms with Gasteiger partial charge in [0.05, 0.1) is 18.9 Å². The monoisotopic (exact) mass is 292 g/mol. The fourth-order valence-electron chi connectivity index (χ4n) is 1.39. The molecule has 0 heterocycles. The molecule has 0 saturated carbocycles. The molecule has 0 aliphatic heterocycles. The van der Waals surface area contributed by atoms with E-state index in [0.717, 1.165) is 5.56 Å². The summed E-state index contributed by atoms with van der Waals surface area (Å²) in [4.78, 5) is 27.5. The van der Waals surface area contributed by atoms with Crippen LogP contribution in [0.15, 0.2) is 29.4 Å². The highest BCUT2D eigenvalue weighted by atomic mass is 16.6. The lowest BCUT2D eigenvalue weighted by molar-refractivity contribution is -0.125. The van der Waals surface area contributed by atoms with Crippen molar-refractivity contribution in [1.29, 1.82) is 0 Å². The van der Waals surface area contributed by atoms with Gasteiger partial charge in [-0.25, -0.2) is 4.79 Å². The van der Waals surface area contributed by atoms with Crippen LogP contribution in [0.1, 0.15) is 29.8 Å². The molecule has 0 saturated heterocycles. The molecule has 0 aliphatic carbocycles. The van der Waals surface area contributed by atoms with Crippen molar-refractivity contribution in [3.05, 3.63) is 35.4 Å². The van der Waals surface area contributed by atoms with Gasteiger partial charge in [-0.3, -0.25) is 4.79 Å². The third-order valence-corrected chi connectivity index (χ3v) is 2.51. The van der Waals surface area contributed by atoms with Gasteiger partial charge in [0.25, 0.3) is 5.91 Å². The number of oxime groups is 1. The second-order valence-electron chi connectivity index (χ2n) is 4.82. The number of benzene rings is 1. The number of amides is 1. The van der Waals surface area contributed by atoms with Crippen LogP contribution in [-0.4, -0.2) is 38.4 Å². The zero-order chi connectivity index (χ0) is 15.7. The van der Waals surface area contributed by atoms with Crippen molar-refractivity contribution < 1.29 is 19.2 Å². The van der Waals surface area contributed by atoms with Crippen LogP contribution in [0.4, 0.5) is 0 Å². The van der Waals surface area contributed by atoms with Gasteiger partial charge in [0.2, 0.25) is 0 Å².